The predicted molar refractivity (Wildman–Crippen MR) is 76.7 cm³/mol. The van der Waals surface area contributed by atoms with Crippen LogP contribution in [0.2, 0.25) is 0 Å². The Morgan fingerprint density at radius 1 is 1.10 bits per heavy atom. The van der Waals surface area contributed by atoms with Gasteiger partial charge in [-0.1, -0.05) is 30.3 Å². The van der Waals surface area contributed by atoms with E-state index in [0.717, 1.165) is 11.1 Å². The SMILES string of the molecule is CCOC1(OCC)C(C)=CC(=O)N1Cc1ccccc1. The first kappa shape index (κ1) is 14.8. The van der Waals surface area contributed by atoms with E-state index in [9.17, 15) is 4.79 Å². The number of hydrogen-bond donors (Lipinski definition) is 0. The van der Waals surface area contributed by atoms with Gasteiger partial charge in [0.25, 0.3) is 11.8 Å². The lowest BCUT2D eigenvalue weighted by Gasteiger charge is -2.38. The van der Waals surface area contributed by atoms with Crippen molar-refractivity contribution in [2.24, 2.45) is 0 Å². The Kier molecular flexibility index (Phi) is 4.57. The molecular formula is C16H21NO3. The average molecular weight is 275 g/mol. The summed E-state index contributed by atoms with van der Waals surface area (Å²) in [5, 5.41) is 0. The molecular weight excluding hydrogens is 254 g/mol. The molecule has 0 fully saturated rings. The highest BCUT2D eigenvalue weighted by Crippen LogP contribution is 2.35. The number of amides is 1. The summed E-state index contributed by atoms with van der Waals surface area (Å²) in [5.74, 6) is -1.13. The number of ether oxygens (including phenoxy) is 2. The quantitative estimate of drug-likeness (QED) is 0.749. The molecule has 0 aliphatic carbocycles. The van der Waals surface area contributed by atoms with Gasteiger partial charge in [0.2, 0.25) is 0 Å². The van der Waals surface area contributed by atoms with Crippen molar-refractivity contribution in [2.45, 2.75) is 33.2 Å². The van der Waals surface area contributed by atoms with E-state index in [1.54, 1.807) is 11.0 Å². The molecule has 1 aliphatic rings. The van der Waals surface area contributed by atoms with Gasteiger partial charge in [-0.25, -0.2) is 0 Å². The van der Waals surface area contributed by atoms with E-state index in [1.165, 1.54) is 0 Å². The third-order valence-electron chi connectivity index (χ3n) is 3.32. The highest BCUT2D eigenvalue weighted by atomic mass is 16.7. The van der Waals surface area contributed by atoms with Crippen molar-refractivity contribution in [1.82, 2.24) is 4.90 Å². The molecule has 4 heteroatoms. The van der Waals surface area contributed by atoms with Gasteiger partial charge < -0.3 is 9.47 Å². The Morgan fingerprint density at radius 3 is 2.25 bits per heavy atom. The molecule has 1 aromatic rings. The van der Waals surface area contributed by atoms with Gasteiger partial charge in [0.05, 0.1) is 6.54 Å². The minimum Gasteiger partial charge on any atom is -0.329 e. The van der Waals surface area contributed by atoms with Crippen LogP contribution in [0.3, 0.4) is 0 Å². The second-order valence-electron chi connectivity index (χ2n) is 4.69. The zero-order valence-corrected chi connectivity index (χ0v) is 12.3. The van der Waals surface area contributed by atoms with Crippen molar-refractivity contribution < 1.29 is 14.3 Å². The van der Waals surface area contributed by atoms with E-state index in [0.29, 0.717) is 19.8 Å². The Balaban J connectivity index is 2.30. The summed E-state index contributed by atoms with van der Waals surface area (Å²) in [4.78, 5) is 13.9. The molecule has 108 valence electrons. The third kappa shape index (κ3) is 2.62. The Morgan fingerprint density at radius 2 is 1.70 bits per heavy atom. The first-order valence-corrected chi connectivity index (χ1v) is 6.96. The van der Waals surface area contributed by atoms with E-state index in [-0.39, 0.29) is 5.91 Å². The van der Waals surface area contributed by atoms with Crippen molar-refractivity contribution in [2.75, 3.05) is 13.2 Å². The van der Waals surface area contributed by atoms with E-state index in [4.69, 9.17) is 9.47 Å². The monoisotopic (exact) mass is 275 g/mol. The van der Waals surface area contributed by atoms with Crippen LogP contribution in [-0.2, 0) is 20.8 Å². The molecule has 0 radical (unpaired) electrons. The maximum atomic E-state index is 12.2. The smallest absolute Gasteiger partial charge is 0.279 e. The molecule has 0 N–H and O–H groups in total. The Bertz CT molecular complexity index is 490. The van der Waals surface area contributed by atoms with Crippen LogP contribution >= 0.6 is 0 Å². The van der Waals surface area contributed by atoms with Crippen LogP contribution < -0.4 is 0 Å². The van der Waals surface area contributed by atoms with Crippen LogP contribution in [0.25, 0.3) is 0 Å². The topological polar surface area (TPSA) is 38.8 Å². The van der Waals surface area contributed by atoms with Crippen molar-refractivity contribution in [3.63, 3.8) is 0 Å². The van der Waals surface area contributed by atoms with Crippen molar-refractivity contribution in [3.8, 4) is 0 Å². The number of carbonyl (C=O) groups is 1. The zero-order chi connectivity index (χ0) is 14.6. The van der Waals surface area contributed by atoms with E-state index in [1.807, 2.05) is 51.1 Å². The summed E-state index contributed by atoms with van der Waals surface area (Å²) in [6, 6.07) is 9.85. The van der Waals surface area contributed by atoms with Gasteiger partial charge in [-0.05, 0) is 26.3 Å². The lowest BCUT2D eigenvalue weighted by Crippen LogP contribution is -2.51. The van der Waals surface area contributed by atoms with Gasteiger partial charge in [0.15, 0.2) is 0 Å². The highest BCUT2D eigenvalue weighted by molar-refractivity contribution is 5.92. The molecule has 0 saturated carbocycles. The second kappa shape index (κ2) is 6.20. The maximum absolute atomic E-state index is 12.2. The maximum Gasteiger partial charge on any atom is 0.279 e. The van der Waals surface area contributed by atoms with Gasteiger partial charge >= 0.3 is 0 Å². The standard InChI is InChI=1S/C16H21NO3/c1-4-19-16(20-5-2)13(3)11-15(18)17(16)12-14-9-7-6-8-10-14/h6-11H,4-5,12H2,1-3H3. The van der Waals surface area contributed by atoms with Gasteiger partial charge in [-0.3, -0.25) is 9.69 Å². The molecule has 0 aromatic heterocycles. The number of benzene rings is 1. The molecule has 0 atom stereocenters. The summed E-state index contributed by atoms with van der Waals surface area (Å²) < 4.78 is 11.6. The lowest BCUT2D eigenvalue weighted by molar-refractivity contribution is -0.278. The molecule has 1 aliphatic heterocycles. The number of carbonyl (C=O) groups excluding carboxylic acids is 1. The molecule has 0 saturated heterocycles. The fourth-order valence-corrected chi connectivity index (χ4v) is 2.48. The summed E-state index contributed by atoms with van der Waals surface area (Å²) in [7, 11) is 0. The molecule has 20 heavy (non-hydrogen) atoms. The summed E-state index contributed by atoms with van der Waals surface area (Å²) in [6.07, 6.45) is 1.59. The minimum atomic E-state index is -1.06. The Hall–Kier alpha value is -1.65. The third-order valence-corrected chi connectivity index (χ3v) is 3.32. The predicted octanol–water partition coefficient (Wildman–Crippen LogP) is 2.70. The highest BCUT2D eigenvalue weighted by Gasteiger charge is 2.47. The molecule has 1 heterocycles. The Labute approximate surface area is 120 Å². The van der Waals surface area contributed by atoms with Gasteiger partial charge in [-0.2, -0.15) is 0 Å². The first-order chi connectivity index (χ1) is 9.64. The number of rotatable bonds is 6. The number of nitrogens with zero attached hydrogens (tertiary/aromatic N) is 1. The van der Waals surface area contributed by atoms with E-state index < -0.39 is 5.91 Å². The molecule has 0 spiro atoms. The van der Waals surface area contributed by atoms with Crippen LogP contribution in [0.1, 0.15) is 26.3 Å². The van der Waals surface area contributed by atoms with Crippen molar-refractivity contribution in [1.29, 1.82) is 0 Å². The lowest BCUT2D eigenvalue weighted by atomic mass is 10.2. The summed E-state index contributed by atoms with van der Waals surface area (Å²) in [5.41, 5.74) is 1.84. The van der Waals surface area contributed by atoms with Crippen molar-refractivity contribution >= 4 is 5.91 Å². The van der Waals surface area contributed by atoms with Gasteiger partial charge in [-0.15, -0.1) is 0 Å². The average Bonchev–Trinajstić information content (AvgIpc) is 2.65. The first-order valence-electron chi connectivity index (χ1n) is 6.96. The second-order valence-corrected chi connectivity index (χ2v) is 4.69. The fraction of sp³-hybridized carbons (Fsp3) is 0.438. The van der Waals surface area contributed by atoms with E-state index in [2.05, 4.69) is 0 Å². The minimum absolute atomic E-state index is 0.0757. The zero-order valence-electron chi connectivity index (χ0n) is 12.3. The van der Waals surface area contributed by atoms with Gasteiger partial charge in [0.1, 0.15) is 0 Å². The molecule has 0 bridgehead atoms. The molecule has 4 nitrogen and oxygen atoms in total. The van der Waals surface area contributed by atoms with Crippen LogP contribution in [0.4, 0.5) is 0 Å². The van der Waals surface area contributed by atoms with Crippen LogP contribution in [0.15, 0.2) is 42.0 Å². The largest absolute Gasteiger partial charge is 0.329 e. The molecule has 1 aromatic carbocycles. The molecule has 1 amide bonds. The molecule has 2 rings (SSSR count). The summed E-state index contributed by atoms with van der Waals surface area (Å²) in [6.45, 7) is 7.09. The van der Waals surface area contributed by atoms with E-state index >= 15 is 0 Å². The van der Waals surface area contributed by atoms with Crippen molar-refractivity contribution in [3.05, 3.63) is 47.5 Å². The number of hydrogen-bond acceptors (Lipinski definition) is 3. The summed E-state index contributed by atoms with van der Waals surface area (Å²) >= 11 is 0. The van der Waals surface area contributed by atoms with Crippen LogP contribution in [-0.4, -0.2) is 29.9 Å². The normalized spacial score (nSPS) is 17.4. The fourth-order valence-electron chi connectivity index (χ4n) is 2.48. The molecule has 0 unspecified atom stereocenters. The van der Waals surface area contributed by atoms with Gasteiger partial charge in [0, 0.05) is 24.9 Å². The van der Waals surface area contributed by atoms with Crippen LogP contribution in [0, 0.1) is 0 Å². The van der Waals surface area contributed by atoms with Crippen LogP contribution in [0.5, 0.6) is 0 Å².